The van der Waals surface area contributed by atoms with Gasteiger partial charge in [-0.1, -0.05) is 30.3 Å². The average Bonchev–Trinajstić information content (AvgIpc) is 2.71. The average molecular weight is 322 g/mol. The summed E-state index contributed by atoms with van der Waals surface area (Å²) in [7, 11) is -4.06. The van der Waals surface area contributed by atoms with Gasteiger partial charge in [0.05, 0.1) is 0 Å². The Morgan fingerprint density at radius 2 is 1.81 bits per heavy atom. The SMILES string of the molecule is NS(=O)(=O)C1CC(=O)N(C(c2ccccc2)C(F)(F)F)C1. The van der Waals surface area contributed by atoms with E-state index >= 15 is 0 Å². The molecule has 2 N–H and O–H groups in total. The van der Waals surface area contributed by atoms with Crippen molar-refractivity contribution in [2.45, 2.75) is 23.9 Å². The molecule has 0 aliphatic carbocycles. The van der Waals surface area contributed by atoms with Crippen molar-refractivity contribution in [3.8, 4) is 0 Å². The molecule has 0 bridgehead atoms. The number of amides is 1. The maximum absolute atomic E-state index is 13.3. The summed E-state index contributed by atoms with van der Waals surface area (Å²) in [5.74, 6) is -0.875. The van der Waals surface area contributed by atoms with Crippen LogP contribution in [0.5, 0.6) is 0 Å². The van der Waals surface area contributed by atoms with Gasteiger partial charge in [-0.25, -0.2) is 13.6 Å². The molecule has 1 aliphatic rings. The zero-order valence-electron chi connectivity index (χ0n) is 10.7. The second-order valence-corrected chi connectivity index (χ2v) is 6.66. The predicted molar refractivity (Wildman–Crippen MR) is 68.5 cm³/mol. The second-order valence-electron chi connectivity index (χ2n) is 4.82. The monoisotopic (exact) mass is 322 g/mol. The number of rotatable bonds is 3. The summed E-state index contributed by atoms with van der Waals surface area (Å²) in [5, 5.41) is 3.62. The van der Waals surface area contributed by atoms with Crippen LogP contribution in [0, 0.1) is 0 Å². The van der Waals surface area contributed by atoms with E-state index in [-0.39, 0.29) is 5.56 Å². The van der Waals surface area contributed by atoms with Gasteiger partial charge in [-0.2, -0.15) is 13.2 Å². The first kappa shape index (κ1) is 15.8. The van der Waals surface area contributed by atoms with Crippen LogP contribution in [-0.2, 0) is 14.8 Å². The molecule has 116 valence electrons. The van der Waals surface area contributed by atoms with Crippen LogP contribution in [0.1, 0.15) is 18.0 Å². The number of alkyl halides is 3. The first-order valence-electron chi connectivity index (χ1n) is 6.03. The third-order valence-electron chi connectivity index (χ3n) is 3.32. The molecule has 0 spiro atoms. The van der Waals surface area contributed by atoms with Gasteiger partial charge in [-0.15, -0.1) is 0 Å². The molecule has 1 fully saturated rings. The Morgan fingerprint density at radius 3 is 2.24 bits per heavy atom. The molecule has 0 aromatic heterocycles. The van der Waals surface area contributed by atoms with Gasteiger partial charge in [-0.3, -0.25) is 4.79 Å². The molecule has 21 heavy (non-hydrogen) atoms. The number of halogens is 3. The van der Waals surface area contributed by atoms with E-state index in [0.29, 0.717) is 4.90 Å². The molecule has 5 nitrogen and oxygen atoms in total. The third-order valence-corrected chi connectivity index (χ3v) is 4.57. The summed E-state index contributed by atoms with van der Waals surface area (Å²) in [4.78, 5) is 12.3. The number of hydrogen-bond donors (Lipinski definition) is 1. The Hall–Kier alpha value is -1.61. The quantitative estimate of drug-likeness (QED) is 0.907. The van der Waals surface area contributed by atoms with E-state index in [1.54, 1.807) is 6.07 Å². The lowest BCUT2D eigenvalue weighted by Crippen LogP contribution is -2.40. The van der Waals surface area contributed by atoms with Crippen molar-refractivity contribution in [1.82, 2.24) is 4.90 Å². The number of carbonyl (C=O) groups excluding carboxylic acids is 1. The number of nitrogens with two attached hydrogens (primary N) is 1. The number of benzene rings is 1. The largest absolute Gasteiger partial charge is 0.413 e. The molecule has 0 radical (unpaired) electrons. The van der Waals surface area contributed by atoms with Crippen molar-refractivity contribution < 1.29 is 26.4 Å². The highest BCUT2D eigenvalue weighted by Crippen LogP contribution is 2.40. The Morgan fingerprint density at radius 1 is 1.24 bits per heavy atom. The van der Waals surface area contributed by atoms with Gasteiger partial charge in [0.25, 0.3) is 0 Å². The van der Waals surface area contributed by atoms with Crippen molar-refractivity contribution in [1.29, 1.82) is 0 Å². The third kappa shape index (κ3) is 3.35. The summed E-state index contributed by atoms with van der Waals surface area (Å²) in [6, 6.07) is 4.72. The summed E-state index contributed by atoms with van der Waals surface area (Å²) in [6.45, 7) is -0.559. The van der Waals surface area contributed by atoms with E-state index in [1.807, 2.05) is 0 Å². The van der Waals surface area contributed by atoms with E-state index in [1.165, 1.54) is 24.3 Å². The fraction of sp³-hybridized carbons (Fsp3) is 0.417. The number of hydrogen-bond acceptors (Lipinski definition) is 3. The summed E-state index contributed by atoms with van der Waals surface area (Å²) in [6.07, 6.45) is -5.23. The number of primary sulfonamides is 1. The van der Waals surface area contributed by atoms with E-state index in [9.17, 15) is 26.4 Å². The molecule has 1 aromatic rings. The molecule has 2 rings (SSSR count). The molecule has 1 aliphatic heterocycles. The minimum absolute atomic E-state index is 0.117. The van der Waals surface area contributed by atoms with E-state index in [0.717, 1.165) is 0 Å². The van der Waals surface area contributed by atoms with Crippen LogP contribution in [-0.4, -0.2) is 37.2 Å². The second kappa shape index (κ2) is 5.30. The maximum atomic E-state index is 13.3. The maximum Gasteiger partial charge on any atom is 0.413 e. The zero-order valence-corrected chi connectivity index (χ0v) is 11.6. The van der Waals surface area contributed by atoms with Crippen molar-refractivity contribution >= 4 is 15.9 Å². The molecule has 2 unspecified atom stereocenters. The number of sulfonamides is 1. The van der Waals surface area contributed by atoms with Gasteiger partial charge in [0.2, 0.25) is 15.9 Å². The highest BCUT2D eigenvalue weighted by Gasteiger charge is 2.50. The molecule has 0 saturated carbocycles. The highest BCUT2D eigenvalue weighted by molar-refractivity contribution is 7.89. The van der Waals surface area contributed by atoms with E-state index < -0.39 is 46.4 Å². The summed E-state index contributed by atoms with van der Waals surface area (Å²) >= 11 is 0. The number of nitrogens with zero attached hydrogens (tertiary/aromatic N) is 1. The lowest BCUT2D eigenvalue weighted by Gasteiger charge is -2.30. The molecule has 1 aromatic carbocycles. The smallest absolute Gasteiger partial charge is 0.325 e. The minimum atomic E-state index is -4.70. The van der Waals surface area contributed by atoms with Crippen molar-refractivity contribution in [3.63, 3.8) is 0 Å². The Bertz CT molecular complexity index is 631. The van der Waals surface area contributed by atoms with Crippen LogP contribution < -0.4 is 5.14 Å². The molecular weight excluding hydrogens is 309 g/mol. The van der Waals surface area contributed by atoms with Gasteiger partial charge in [0.1, 0.15) is 5.25 Å². The lowest BCUT2D eigenvalue weighted by atomic mass is 10.1. The standard InChI is InChI=1S/C12H13F3N2O3S/c13-12(14,15)11(8-4-2-1-3-5-8)17-7-9(6-10(17)18)21(16,19)20/h1-5,9,11H,6-7H2,(H2,16,19,20). The first-order chi connectivity index (χ1) is 9.60. The van der Waals surface area contributed by atoms with Gasteiger partial charge in [0, 0.05) is 13.0 Å². The van der Waals surface area contributed by atoms with E-state index in [2.05, 4.69) is 0 Å². The van der Waals surface area contributed by atoms with Crippen LogP contribution in [0.2, 0.25) is 0 Å². The van der Waals surface area contributed by atoms with Crippen molar-refractivity contribution in [2.24, 2.45) is 5.14 Å². The Kier molecular flexibility index (Phi) is 3.98. The van der Waals surface area contributed by atoms with Gasteiger partial charge in [0.15, 0.2) is 6.04 Å². The number of likely N-dealkylation sites (tertiary alicyclic amines) is 1. The Labute approximate surface area is 119 Å². The number of carbonyl (C=O) groups is 1. The van der Waals surface area contributed by atoms with Crippen LogP contribution >= 0.6 is 0 Å². The van der Waals surface area contributed by atoms with Crippen LogP contribution in [0.4, 0.5) is 13.2 Å². The fourth-order valence-corrected chi connectivity index (χ4v) is 3.09. The fourth-order valence-electron chi connectivity index (χ4n) is 2.35. The first-order valence-corrected chi connectivity index (χ1v) is 7.64. The summed E-state index contributed by atoms with van der Waals surface area (Å²) in [5.41, 5.74) is -0.117. The Balaban J connectivity index is 2.38. The minimum Gasteiger partial charge on any atom is -0.325 e. The van der Waals surface area contributed by atoms with Crippen molar-refractivity contribution in [2.75, 3.05) is 6.54 Å². The van der Waals surface area contributed by atoms with Crippen LogP contribution in [0.25, 0.3) is 0 Å². The normalized spacial score (nSPS) is 21.6. The van der Waals surface area contributed by atoms with Crippen LogP contribution in [0.3, 0.4) is 0 Å². The molecule has 2 atom stereocenters. The van der Waals surface area contributed by atoms with Gasteiger partial charge >= 0.3 is 6.18 Å². The predicted octanol–water partition coefficient (Wildman–Crippen LogP) is 1.18. The topological polar surface area (TPSA) is 80.5 Å². The van der Waals surface area contributed by atoms with E-state index in [4.69, 9.17) is 5.14 Å². The lowest BCUT2D eigenvalue weighted by molar-refractivity contribution is -0.188. The van der Waals surface area contributed by atoms with Crippen molar-refractivity contribution in [3.05, 3.63) is 35.9 Å². The molecule has 1 heterocycles. The zero-order chi connectivity index (χ0) is 15.8. The van der Waals surface area contributed by atoms with Gasteiger partial charge in [-0.05, 0) is 5.56 Å². The van der Waals surface area contributed by atoms with Gasteiger partial charge < -0.3 is 4.90 Å². The molecule has 1 amide bonds. The molecular formula is C12H13F3N2O3S. The highest BCUT2D eigenvalue weighted by atomic mass is 32.2. The summed E-state index contributed by atoms with van der Waals surface area (Å²) < 4.78 is 62.3. The molecule has 9 heteroatoms. The van der Waals surface area contributed by atoms with Crippen LogP contribution in [0.15, 0.2) is 30.3 Å². The molecule has 1 saturated heterocycles.